The lowest BCUT2D eigenvalue weighted by Gasteiger charge is -2.34. The molecule has 0 radical (unpaired) electrons. The molecule has 2 atom stereocenters. The molecule has 1 amide bonds. The number of fused-ring (bicyclic) bond motifs is 3. The summed E-state index contributed by atoms with van der Waals surface area (Å²) < 4.78 is 84.9. The van der Waals surface area contributed by atoms with Gasteiger partial charge in [-0.05, 0) is 25.0 Å². The number of hydrogen-bond donors (Lipinski definition) is 1. The van der Waals surface area contributed by atoms with Crippen molar-refractivity contribution in [3.05, 3.63) is 88.0 Å². The Balaban J connectivity index is 1.32. The molecule has 41 heavy (non-hydrogen) atoms. The van der Waals surface area contributed by atoms with E-state index in [0.29, 0.717) is 34.7 Å². The molecular weight excluding hydrogens is 552 g/mol. The summed E-state index contributed by atoms with van der Waals surface area (Å²) in [7, 11) is 0. The Hall–Kier alpha value is -3.97. The Labute approximate surface area is 229 Å². The molecule has 4 heterocycles. The summed E-state index contributed by atoms with van der Waals surface area (Å²) in [6.07, 6.45) is -3.20. The highest BCUT2D eigenvalue weighted by molar-refractivity contribution is 6.00. The standard InChI is InChI=1S/C28H23F6N5O2/c1-14-24(16-4-2-15(13-40)3-5-16)36-26-21(9-35-39(26)25(14)28(32,33)34)27(41)38-12-19-8-20(38)11-37(19)10-17-6-18(29)7-22(30)23(17)31/h2-7,9,19-20,40H,8,10-13H2,1H3/t19-,20-/m1/s1. The van der Waals surface area contributed by atoms with Gasteiger partial charge < -0.3 is 10.0 Å². The Kier molecular flexibility index (Phi) is 6.53. The van der Waals surface area contributed by atoms with Crippen LogP contribution < -0.4 is 0 Å². The third kappa shape index (κ3) is 4.62. The van der Waals surface area contributed by atoms with Crippen molar-refractivity contribution in [1.29, 1.82) is 0 Å². The molecule has 2 aromatic carbocycles. The number of amides is 1. The second-order valence-corrected chi connectivity index (χ2v) is 10.4. The molecular formula is C28H23F6N5O2. The van der Waals surface area contributed by atoms with Crippen LogP contribution in [0.3, 0.4) is 0 Å². The molecule has 6 rings (SSSR count). The molecule has 1 N–H and O–H groups in total. The molecule has 13 heteroatoms. The van der Waals surface area contributed by atoms with E-state index < -0.39 is 35.2 Å². The molecule has 2 aliphatic rings. The molecule has 0 saturated carbocycles. The van der Waals surface area contributed by atoms with Gasteiger partial charge in [0.15, 0.2) is 23.0 Å². The van der Waals surface area contributed by atoms with Crippen molar-refractivity contribution in [2.45, 2.75) is 44.8 Å². The summed E-state index contributed by atoms with van der Waals surface area (Å²) in [4.78, 5) is 21.5. The molecule has 7 nitrogen and oxygen atoms in total. The lowest BCUT2D eigenvalue weighted by Crippen LogP contribution is -2.48. The zero-order chi connectivity index (χ0) is 29.2. The van der Waals surface area contributed by atoms with E-state index in [4.69, 9.17) is 0 Å². The van der Waals surface area contributed by atoms with Crippen molar-refractivity contribution in [2.24, 2.45) is 0 Å². The number of nitrogens with zero attached hydrogens (tertiary/aromatic N) is 5. The van der Waals surface area contributed by atoms with Crippen LogP contribution in [0.4, 0.5) is 26.3 Å². The van der Waals surface area contributed by atoms with E-state index in [9.17, 15) is 36.2 Å². The number of alkyl halides is 3. The number of piperazine rings is 1. The number of aromatic nitrogens is 3. The number of halogens is 6. The summed E-state index contributed by atoms with van der Waals surface area (Å²) in [5.74, 6) is -3.84. The van der Waals surface area contributed by atoms with Crippen LogP contribution in [0, 0.1) is 24.4 Å². The van der Waals surface area contributed by atoms with Gasteiger partial charge in [0.25, 0.3) is 5.91 Å². The van der Waals surface area contributed by atoms with Gasteiger partial charge in [-0.2, -0.15) is 18.3 Å². The van der Waals surface area contributed by atoms with Crippen molar-refractivity contribution in [1.82, 2.24) is 24.4 Å². The minimum atomic E-state index is -4.80. The Bertz CT molecular complexity index is 1670. The number of carbonyl (C=O) groups excluding carboxylic acids is 1. The summed E-state index contributed by atoms with van der Waals surface area (Å²) in [6, 6.07) is 7.11. The average Bonchev–Trinajstić information content (AvgIpc) is 3.64. The lowest BCUT2D eigenvalue weighted by molar-refractivity contribution is -0.143. The van der Waals surface area contributed by atoms with Gasteiger partial charge in [-0.25, -0.2) is 22.7 Å². The topological polar surface area (TPSA) is 74.0 Å². The largest absolute Gasteiger partial charge is 0.433 e. The van der Waals surface area contributed by atoms with E-state index in [-0.39, 0.29) is 59.8 Å². The maximum atomic E-state index is 14.2. The van der Waals surface area contributed by atoms with E-state index in [1.807, 2.05) is 4.90 Å². The van der Waals surface area contributed by atoms with Crippen LogP contribution in [-0.2, 0) is 19.3 Å². The summed E-state index contributed by atoms with van der Waals surface area (Å²) in [5, 5.41) is 13.2. The average molecular weight is 576 g/mol. The minimum Gasteiger partial charge on any atom is -0.392 e. The van der Waals surface area contributed by atoms with Crippen LogP contribution in [0.2, 0.25) is 0 Å². The van der Waals surface area contributed by atoms with Gasteiger partial charge in [-0.3, -0.25) is 9.69 Å². The first-order chi connectivity index (χ1) is 19.5. The van der Waals surface area contributed by atoms with Gasteiger partial charge in [0.05, 0.1) is 18.5 Å². The molecule has 2 aromatic heterocycles. The van der Waals surface area contributed by atoms with Crippen molar-refractivity contribution >= 4 is 11.6 Å². The van der Waals surface area contributed by atoms with Crippen LogP contribution in [0.15, 0.2) is 42.6 Å². The zero-order valence-electron chi connectivity index (χ0n) is 21.6. The SMILES string of the molecule is Cc1c(-c2ccc(CO)cc2)nc2c(C(=O)N3C[C@H]4C[C@@H]3CN4Cc3cc(F)cc(F)c3F)cnn2c1C(F)(F)F. The van der Waals surface area contributed by atoms with Crippen LogP contribution in [0.5, 0.6) is 0 Å². The van der Waals surface area contributed by atoms with Crippen molar-refractivity contribution < 1.29 is 36.2 Å². The van der Waals surface area contributed by atoms with Gasteiger partial charge in [0, 0.05) is 54.5 Å². The Morgan fingerprint density at radius 1 is 1.07 bits per heavy atom. The molecule has 2 saturated heterocycles. The van der Waals surface area contributed by atoms with Gasteiger partial charge in [0.2, 0.25) is 0 Å². The highest BCUT2D eigenvalue weighted by Gasteiger charge is 2.46. The number of hydrogen-bond acceptors (Lipinski definition) is 5. The second kappa shape index (κ2) is 9.84. The Morgan fingerprint density at radius 2 is 1.80 bits per heavy atom. The van der Waals surface area contributed by atoms with Crippen LogP contribution in [-0.4, -0.2) is 60.6 Å². The second-order valence-electron chi connectivity index (χ2n) is 10.4. The number of benzene rings is 2. The van der Waals surface area contributed by atoms with Crippen LogP contribution in [0.25, 0.3) is 16.9 Å². The number of likely N-dealkylation sites (tertiary alicyclic amines) is 2. The number of rotatable bonds is 5. The molecule has 4 aromatic rings. The molecule has 0 spiro atoms. The van der Waals surface area contributed by atoms with E-state index in [1.54, 1.807) is 24.3 Å². The highest BCUT2D eigenvalue weighted by atomic mass is 19.4. The molecule has 0 aliphatic carbocycles. The van der Waals surface area contributed by atoms with Crippen molar-refractivity contribution in [3.8, 4) is 11.3 Å². The van der Waals surface area contributed by atoms with Gasteiger partial charge in [-0.15, -0.1) is 0 Å². The summed E-state index contributed by atoms with van der Waals surface area (Å²) in [6.45, 7) is 1.51. The molecule has 214 valence electrons. The monoisotopic (exact) mass is 575 g/mol. The Morgan fingerprint density at radius 3 is 2.44 bits per heavy atom. The normalized spacial score (nSPS) is 19.1. The molecule has 2 fully saturated rings. The van der Waals surface area contributed by atoms with Crippen molar-refractivity contribution in [3.63, 3.8) is 0 Å². The first-order valence-electron chi connectivity index (χ1n) is 12.8. The quantitative estimate of drug-likeness (QED) is 0.275. The van der Waals surface area contributed by atoms with Crippen LogP contribution >= 0.6 is 0 Å². The fraction of sp³-hybridized carbons (Fsp3) is 0.321. The molecule has 2 bridgehead atoms. The van der Waals surface area contributed by atoms with Gasteiger partial charge in [-0.1, -0.05) is 24.3 Å². The summed E-state index contributed by atoms with van der Waals surface area (Å²) in [5.41, 5.74) is -0.706. The van der Waals surface area contributed by atoms with Gasteiger partial charge >= 0.3 is 6.18 Å². The maximum Gasteiger partial charge on any atom is 0.433 e. The minimum absolute atomic E-state index is 0.0299. The zero-order valence-corrected chi connectivity index (χ0v) is 21.6. The smallest absolute Gasteiger partial charge is 0.392 e. The predicted molar refractivity (Wildman–Crippen MR) is 134 cm³/mol. The fourth-order valence-corrected chi connectivity index (χ4v) is 5.90. The van der Waals surface area contributed by atoms with Crippen molar-refractivity contribution in [2.75, 3.05) is 13.1 Å². The number of carbonyl (C=O) groups is 1. The third-order valence-corrected chi connectivity index (χ3v) is 7.85. The predicted octanol–water partition coefficient (Wildman–Crippen LogP) is 4.73. The first kappa shape index (κ1) is 27.2. The fourth-order valence-electron chi connectivity index (χ4n) is 5.90. The highest BCUT2D eigenvalue weighted by Crippen LogP contribution is 2.38. The first-order valence-corrected chi connectivity index (χ1v) is 12.8. The van der Waals surface area contributed by atoms with E-state index in [2.05, 4.69) is 10.1 Å². The molecule has 2 aliphatic heterocycles. The van der Waals surface area contributed by atoms with E-state index in [1.165, 1.54) is 11.8 Å². The number of aliphatic hydroxyl groups excluding tert-OH is 1. The van der Waals surface area contributed by atoms with Crippen LogP contribution in [0.1, 0.15) is 39.2 Å². The van der Waals surface area contributed by atoms with E-state index >= 15 is 0 Å². The van der Waals surface area contributed by atoms with Gasteiger partial charge in [0.1, 0.15) is 11.4 Å². The lowest BCUT2D eigenvalue weighted by atomic mass is 10.0. The molecule has 0 unspecified atom stereocenters. The number of aliphatic hydroxyl groups is 1. The third-order valence-electron chi connectivity index (χ3n) is 7.85. The van der Waals surface area contributed by atoms with E-state index in [0.717, 1.165) is 12.3 Å². The maximum absolute atomic E-state index is 14.2. The summed E-state index contributed by atoms with van der Waals surface area (Å²) >= 11 is 0.